The number of hydrogen-bond acceptors (Lipinski definition) is 7. The van der Waals surface area contributed by atoms with Crippen molar-refractivity contribution >= 4 is 11.8 Å². The van der Waals surface area contributed by atoms with Gasteiger partial charge in [-0.25, -0.2) is 4.79 Å². The molecular formula is C19H21NO6. The molecule has 0 aromatic heterocycles. The molecule has 2 N–H and O–H groups in total. The maximum atomic E-state index is 12.7. The molecule has 1 atom stereocenters. The van der Waals surface area contributed by atoms with Gasteiger partial charge in [0.15, 0.2) is 5.78 Å². The van der Waals surface area contributed by atoms with Gasteiger partial charge in [-0.05, 0) is 12.5 Å². The van der Waals surface area contributed by atoms with Gasteiger partial charge in [-0.15, -0.1) is 0 Å². The number of esters is 1. The van der Waals surface area contributed by atoms with Crippen LogP contribution >= 0.6 is 0 Å². The van der Waals surface area contributed by atoms with Crippen LogP contribution < -0.4 is 15.2 Å². The average molecular weight is 359 g/mol. The minimum Gasteiger partial charge on any atom is -0.497 e. The van der Waals surface area contributed by atoms with Crippen LogP contribution in [-0.4, -0.2) is 33.1 Å². The fraction of sp³-hybridized carbons (Fsp3) is 0.368. The molecule has 138 valence electrons. The van der Waals surface area contributed by atoms with Gasteiger partial charge in [-0.1, -0.05) is 6.07 Å². The van der Waals surface area contributed by atoms with Gasteiger partial charge in [0.1, 0.15) is 22.8 Å². The predicted molar refractivity (Wildman–Crippen MR) is 92.5 cm³/mol. The van der Waals surface area contributed by atoms with E-state index in [0.717, 1.165) is 0 Å². The number of nitrogens with two attached hydrogens (primary N) is 1. The minimum absolute atomic E-state index is 0.0480. The Morgan fingerprint density at radius 1 is 1.19 bits per heavy atom. The SMILES string of the molecule is COC(=O)C1=C(N)OC2=C(C(=O)CCC2)[C@@H]1c1ccc(OC)cc1OC. The van der Waals surface area contributed by atoms with Crippen LogP contribution in [0.3, 0.4) is 0 Å². The van der Waals surface area contributed by atoms with Crippen molar-refractivity contribution < 1.29 is 28.5 Å². The molecule has 0 saturated carbocycles. The van der Waals surface area contributed by atoms with E-state index in [-0.39, 0.29) is 17.2 Å². The molecule has 1 heterocycles. The summed E-state index contributed by atoms with van der Waals surface area (Å²) >= 11 is 0. The van der Waals surface area contributed by atoms with E-state index < -0.39 is 11.9 Å². The standard InChI is InChI=1S/C19H21NO6/c1-23-10-7-8-11(14(9-10)24-2)15-16-12(21)5-4-6-13(16)26-18(20)17(15)19(22)25-3/h7-9,15H,4-6,20H2,1-3H3/t15-/m0/s1. The third-order valence-corrected chi connectivity index (χ3v) is 4.64. The molecule has 0 saturated heterocycles. The number of rotatable bonds is 4. The van der Waals surface area contributed by atoms with Crippen molar-refractivity contribution in [1.29, 1.82) is 0 Å². The maximum absolute atomic E-state index is 12.7. The number of benzene rings is 1. The van der Waals surface area contributed by atoms with Crippen molar-refractivity contribution in [3.05, 3.63) is 46.6 Å². The van der Waals surface area contributed by atoms with Gasteiger partial charge in [-0.3, -0.25) is 4.79 Å². The summed E-state index contributed by atoms with van der Waals surface area (Å²) in [5.41, 5.74) is 7.20. The lowest BCUT2D eigenvalue weighted by Crippen LogP contribution is -2.31. The molecular weight excluding hydrogens is 338 g/mol. The molecule has 7 nitrogen and oxygen atoms in total. The van der Waals surface area contributed by atoms with E-state index in [4.69, 9.17) is 24.7 Å². The molecule has 0 spiro atoms. The number of methoxy groups -OCH3 is 3. The fourth-order valence-electron chi connectivity index (χ4n) is 3.43. The zero-order valence-corrected chi connectivity index (χ0v) is 15.0. The molecule has 7 heteroatoms. The van der Waals surface area contributed by atoms with Gasteiger partial charge in [0.25, 0.3) is 0 Å². The van der Waals surface area contributed by atoms with Gasteiger partial charge in [-0.2, -0.15) is 0 Å². The number of ketones is 1. The summed E-state index contributed by atoms with van der Waals surface area (Å²) in [6, 6.07) is 5.20. The lowest BCUT2D eigenvalue weighted by atomic mass is 9.77. The molecule has 1 aromatic rings. The second-order valence-corrected chi connectivity index (χ2v) is 6.03. The molecule has 0 fully saturated rings. The first-order valence-corrected chi connectivity index (χ1v) is 8.25. The largest absolute Gasteiger partial charge is 0.497 e. The summed E-state index contributed by atoms with van der Waals surface area (Å²) in [6.45, 7) is 0. The van der Waals surface area contributed by atoms with Gasteiger partial charge < -0.3 is 24.7 Å². The van der Waals surface area contributed by atoms with Crippen molar-refractivity contribution in [2.45, 2.75) is 25.2 Å². The Labute approximate surface area is 151 Å². The van der Waals surface area contributed by atoms with Crippen LogP contribution in [0.25, 0.3) is 0 Å². The quantitative estimate of drug-likeness (QED) is 0.823. The van der Waals surface area contributed by atoms with Crippen molar-refractivity contribution in [3.63, 3.8) is 0 Å². The van der Waals surface area contributed by atoms with E-state index in [1.165, 1.54) is 14.2 Å². The molecule has 1 aliphatic carbocycles. The van der Waals surface area contributed by atoms with Crippen LogP contribution in [0.4, 0.5) is 0 Å². The summed E-state index contributed by atoms with van der Waals surface area (Å²) in [5.74, 6) is 0.120. The zero-order valence-electron chi connectivity index (χ0n) is 15.0. The molecule has 0 unspecified atom stereocenters. The summed E-state index contributed by atoms with van der Waals surface area (Å²) in [7, 11) is 4.32. The zero-order chi connectivity index (χ0) is 18.8. The van der Waals surface area contributed by atoms with Gasteiger partial charge >= 0.3 is 5.97 Å². The molecule has 0 radical (unpaired) electrons. The average Bonchev–Trinajstić information content (AvgIpc) is 2.66. The summed E-state index contributed by atoms with van der Waals surface area (Å²) < 4.78 is 21.2. The summed E-state index contributed by atoms with van der Waals surface area (Å²) in [4.78, 5) is 25.1. The molecule has 1 aliphatic heterocycles. The van der Waals surface area contributed by atoms with Crippen molar-refractivity contribution in [1.82, 2.24) is 0 Å². The number of carbonyl (C=O) groups is 2. The van der Waals surface area contributed by atoms with Gasteiger partial charge in [0.05, 0.1) is 27.2 Å². The smallest absolute Gasteiger partial charge is 0.340 e. The van der Waals surface area contributed by atoms with E-state index in [0.29, 0.717) is 47.7 Å². The Hall–Kier alpha value is -2.96. The molecule has 0 amide bonds. The molecule has 0 bridgehead atoms. The van der Waals surface area contributed by atoms with Crippen LogP contribution in [0.1, 0.15) is 30.7 Å². The Morgan fingerprint density at radius 2 is 1.96 bits per heavy atom. The normalized spacial score (nSPS) is 19.7. The lowest BCUT2D eigenvalue weighted by Gasteiger charge is -2.32. The molecule has 1 aromatic carbocycles. The first-order valence-electron chi connectivity index (χ1n) is 8.25. The molecule has 3 rings (SSSR count). The maximum Gasteiger partial charge on any atom is 0.340 e. The monoisotopic (exact) mass is 359 g/mol. The highest BCUT2D eigenvalue weighted by atomic mass is 16.5. The number of Topliss-reactive ketones (excluding diaryl/α,β-unsaturated/α-hetero) is 1. The van der Waals surface area contributed by atoms with Crippen molar-refractivity contribution in [3.8, 4) is 11.5 Å². The Morgan fingerprint density at radius 3 is 2.62 bits per heavy atom. The van der Waals surface area contributed by atoms with Gasteiger partial charge in [0, 0.05) is 30.0 Å². The van der Waals surface area contributed by atoms with E-state index >= 15 is 0 Å². The summed E-state index contributed by atoms with van der Waals surface area (Å²) in [5, 5.41) is 0. The molecule has 2 aliphatic rings. The van der Waals surface area contributed by atoms with Crippen LogP contribution in [-0.2, 0) is 19.1 Å². The van der Waals surface area contributed by atoms with Gasteiger partial charge in [0.2, 0.25) is 5.88 Å². The predicted octanol–water partition coefficient (Wildman–Crippen LogP) is 2.17. The van der Waals surface area contributed by atoms with Crippen LogP contribution in [0.2, 0.25) is 0 Å². The fourth-order valence-corrected chi connectivity index (χ4v) is 3.43. The number of hydrogen-bond donors (Lipinski definition) is 1. The topological polar surface area (TPSA) is 97.1 Å². The second-order valence-electron chi connectivity index (χ2n) is 6.03. The van der Waals surface area contributed by atoms with E-state index in [1.807, 2.05) is 0 Å². The highest BCUT2D eigenvalue weighted by Gasteiger charge is 2.42. The number of ether oxygens (including phenoxy) is 4. The molecule has 26 heavy (non-hydrogen) atoms. The van der Waals surface area contributed by atoms with E-state index in [1.54, 1.807) is 25.3 Å². The Balaban J connectivity index is 2.24. The third kappa shape index (κ3) is 2.89. The van der Waals surface area contributed by atoms with E-state index in [9.17, 15) is 9.59 Å². The highest BCUT2D eigenvalue weighted by molar-refractivity contribution is 6.03. The minimum atomic E-state index is -0.708. The van der Waals surface area contributed by atoms with Crippen LogP contribution in [0.15, 0.2) is 41.0 Å². The first kappa shape index (κ1) is 17.8. The lowest BCUT2D eigenvalue weighted by molar-refractivity contribution is -0.136. The Bertz CT molecular complexity index is 823. The second kappa shape index (κ2) is 7.11. The van der Waals surface area contributed by atoms with Crippen LogP contribution in [0, 0.1) is 0 Å². The Kier molecular flexibility index (Phi) is 4.88. The van der Waals surface area contributed by atoms with Crippen molar-refractivity contribution in [2.24, 2.45) is 5.73 Å². The number of carbonyl (C=O) groups excluding carboxylic acids is 2. The highest BCUT2D eigenvalue weighted by Crippen LogP contribution is 2.47. The van der Waals surface area contributed by atoms with Crippen molar-refractivity contribution in [2.75, 3.05) is 21.3 Å². The first-order chi connectivity index (χ1) is 12.5. The van der Waals surface area contributed by atoms with E-state index in [2.05, 4.69) is 0 Å². The third-order valence-electron chi connectivity index (χ3n) is 4.64. The number of allylic oxidation sites excluding steroid dienone is 2. The van der Waals surface area contributed by atoms with Crippen LogP contribution in [0.5, 0.6) is 11.5 Å². The summed E-state index contributed by atoms with van der Waals surface area (Å²) in [6.07, 6.45) is 1.67.